The second-order valence-corrected chi connectivity index (χ2v) is 5.38. The average Bonchev–Trinajstić information content (AvgIpc) is 2.53. The van der Waals surface area contributed by atoms with Crippen molar-refractivity contribution in [3.05, 3.63) is 35.9 Å². The fourth-order valence-corrected chi connectivity index (χ4v) is 1.76. The Hall–Kier alpha value is -2.90. The molecule has 0 bridgehead atoms. The van der Waals surface area contributed by atoms with Gasteiger partial charge in [-0.2, -0.15) is 15.0 Å². The molecule has 1 heterocycles. The molecule has 0 aliphatic heterocycles. The van der Waals surface area contributed by atoms with E-state index >= 15 is 0 Å². The third-order valence-corrected chi connectivity index (χ3v) is 2.93. The van der Waals surface area contributed by atoms with Gasteiger partial charge in [0, 0.05) is 28.2 Å². The van der Waals surface area contributed by atoms with Gasteiger partial charge in [-0.1, -0.05) is 30.3 Å². The minimum Gasteiger partial charge on any atom is -0.347 e. The van der Waals surface area contributed by atoms with Crippen LogP contribution in [0.2, 0.25) is 0 Å². The van der Waals surface area contributed by atoms with Crippen LogP contribution in [0.1, 0.15) is 5.56 Å². The number of carbonyl (C=O) groups is 1. The normalized spacial score (nSPS) is 10.1. The number of aromatic nitrogens is 3. The number of nitrogens with one attached hydrogen (secondary N) is 2. The molecule has 8 heteroatoms. The summed E-state index contributed by atoms with van der Waals surface area (Å²) in [4.78, 5) is 28.3. The number of hydrogen-bond donors (Lipinski definition) is 2. The molecule has 8 nitrogen and oxygen atoms in total. The first-order chi connectivity index (χ1) is 11.0. The van der Waals surface area contributed by atoms with Gasteiger partial charge in [0.05, 0.1) is 6.42 Å². The molecule has 0 aliphatic rings. The summed E-state index contributed by atoms with van der Waals surface area (Å²) in [5, 5.41) is 0. The molecule has 0 unspecified atom stereocenters. The highest BCUT2D eigenvalue weighted by atomic mass is 16.2. The molecule has 2 rings (SSSR count). The van der Waals surface area contributed by atoms with E-state index in [1.807, 2.05) is 58.5 Å². The molecule has 1 aromatic heterocycles. The molecule has 0 saturated heterocycles. The third-order valence-electron chi connectivity index (χ3n) is 2.93. The molecule has 0 aliphatic carbocycles. The zero-order valence-corrected chi connectivity index (χ0v) is 13.7. The van der Waals surface area contributed by atoms with Gasteiger partial charge in [-0.15, -0.1) is 0 Å². The first kappa shape index (κ1) is 16.5. The van der Waals surface area contributed by atoms with Crippen molar-refractivity contribution in [3.63, 3.8) is 0 Å². The molecule has 0 atom stereocenters. The van der Waals surface area contributed by atoms with Gasteiger partial charge in [-0.25, -0.2) is 0 Å². The number of amides is 1. The number of anilines is 3. The van der Waals surface area contributed by atoms with Crippen molar-refractivity contribution >= 4 is 23.8 Å². The highest BCUT2D eigenvalue weighted by Crippen LogP contribution is 2.12. The van der Waals surface area contributed by atoms with Crippen LogP contribution in [-0.4, -0.2) is 49.0 Å². The van der Waals surface area contributed by atoms with Crippen molar-refractivity contribution in [3.8, 4) is 0 Å². The van der Waals surface area contributed by atoms with Crippen molar-refractivity contribution in [2.75, 3.05) is 43.4 Å². The Balaban J connectivity index is 2.03. The van der Waals surface area contributed by atoms with Crippen LogP contribution in [0, 0.1) is 0 Å². The summed E-state index contributed by atoms with van der Waals surface area (Å²) in [5.74, 6) is 1.12. The standard InChI is InChI=1S/C15H21N7O/c1-21(2)14-16-13(17-15(18-14)22(3)4)20-19-12(23)10-11-8-6-5-7-9-11/h5-9H,10H2,1-4H3,(H,19,23)(H,16,17,18,20). The second-order valence-electron chi connectivity index (χ2n) is 5.38. The largest absolute Gasteiger partial charge is 0.347 e. The number of nitrogens with zero attached hydrogens (tertiary/aromatic N) is 5. The molecule has 23 heavy (non-hydrogen) atoms. The molecular formula is C15H21N7O. The number of rotatable bonds is 6. The van der Waals surface area contributed by atoms with Crippen LogP contribution in [0.25, 0.3) is 0 Å². The Morgan fingerprint density at radius 3 is 2.04 bits per heavy atom. The van der Waals surface area contributed by atoms with Crippen molar-refractivity contribution in [2.45, 2.75) is 6.42 Å². The van der Waals surface area contributed by atoms with E-state index < -0.39 is 0 Å². The molecule has 1 amide bonds. The summed E-state index contributed by atoms with van der Waals surface area (Å²) in [6.45, 7) is 0. The van der Waals surface area contributed by atoms with Crippen LogP contribution >= 0.6 is 0 Å². The van der Waals surface area contributed by atoms with E-state index in [-0.39, 0.29) is 18.3 Å². The third kappa shape index (κ3) is 4.80. The predicted molar refractivity (Wildman–Crippen MR) is 90.4 cm³/mol. The van der Waals surface area contributed by atoms with Gasteiger partial charge in [0.15, 0.2) is 0 Å². The molecule has 1 aromatic carbocycles. The zero-order chi connectivity index (χ0) is 16.8. The first-order valence-electron chi connectivity index (χ1n) is 7.15. The van der Waals surface area contributed by atoms with Crippen molar-refractivity contribution in [1.82, 2.24) is 20.4 Å². The summed E-state index contributed by atoms with van der Waals surface area (Å²) in [7, 11) is 7.36. The summed E-state index contributed by atoms with van der Waals surface area (Å²) >= 11 is 0. The van der Waals surface area contributed by atoms with Gasteiger partial charge < -0.3 is 9.80 Å². The highest BCUT2D eigenvalue weighted by molar-refractivity contribution is 5.79. The lowest BCUT2D eigenvalue weighted by Gasteiger charge is -2.16. The molecule has 2 aromatic rings. The Kier molecular flexibility index (Phi) is 5.29. The highest BCUT2D eigenvalue weighted by Gasteiger charge is 2.10. The monoisotopic (exact) mass is 315 g/mol. The molecular weight excluding hydrogens is 294 g/mol. The summed E-state index contributed by atoms with van der Waals surface area (Å²) in [6.07, 6.45) is 0.278. The van der Waals surface area contributed by atoms with Crippen LogP contribution in [0.4, 0.5) is 17.8 Å². The Labute approximate surface area is 135 Å². The van der Waals surface area contributed by atoms with Crippen molar-refractivity contribution < 1.29 is 4.79 Å². The maximum atomic E-state index is 12.0. The SMILES string of the molecule is CN(C)c1nc(NNC(=O)Cc2ccccc2)nc(N(C)C)n1. The average molecular weight is 315 g/mol. The fourth-order valence-electron chi connectivity index (χ4n) is 1.76. The minimum absolute atomic E-state index is 0.172. The summed E-state index contributed by atoms with van der Waals surface area (Å²) in [5.41, 5.74) is 6.28. The lowest BCUT2D eigenvalue weighted by Crippen LogP contribution is -2.32. The van der Waals surface area contributed by atoms with E-state index in [9.17, 15) is 4.79 Å². The Bertz CT molecular complexity index is 632. The van der Waals surface area contributed by atoms with Crippen LogP contribution in [0.15, 0.2) is 30.3 Å². The van der Waals surface area contributed by atoms with Gasteiger partial charge in [-0.05, 0) is 5.56 Å². The van der Waals surface area contributed by atoms with Gasteiger partial charge in [-0.3, -0.25) is 15.6 Å². The number of carbonyl (C=O) groups excluding carboxylic acids is 1. The van der Waals surface area contributed by atoms with Crippen LogP contribution in [-0.2, 0) is 11.2 Å². The van der Waals surface area contributed by atoms with Gasteiger partial charge in [0.1, 0.15) is 0 Å². The number of hydrazine groups is 1. The van der Waals surface area contributed by atoms with E-state index in [2.05, 4.69) is 25.8 Å². The lowest BCUT2D eigenvalue weighted by atomic mass is 10.1. The van der Waals surface area contributed by atoms with E-state index in [1.165, 1.54) is 0 Å². The summed E-state index contributed by atoms with van der Waals surface area (Å²) in [6, 6.07) is 9.51. The maximum Gasteiger partial charge on any atom is 0.248 e. The molecule has 122 valence electrons. The molecule has 0 spiro atoms. The van der Waals surface area contributed by atoms with Crippen LogP contribution < -0.4 is 20.7 Å². The quantitative estimate of drug-likeness (QED) is 0.758. The topological polar surface area (TPSA) is 86.3 Å². The van der Waals surface area contributed by atoms with Crippen molar-refractivity contribution in [1.29, 1.82) is 0 Å². The molecule has 0 radical (unpaired) electrons. The predicted octanol–water partition coefficient (Wildman–Crippen LogP) is 0.689. The van der Waals surface area contributed by atoms with Crippen LogP contribution in [0.3, 0.4) is 0 Å². The van der Waals surface area contributed by atoms with Gasteiger partial charge in [0.25, 0.3) is 0 Å². The number of hydrogen-bond acceptors (Lipinski definition) is 7. The van der Waals surface area contributed by atoms with Crippen LogP contribution in [0.5, 0.6) is 0 Å². The van der Waals surface area contributed by atoms with Crippen molar-refractivity contribution in [2.24, 2.45) is 0 Å². The van der Waals surface area contributed by atoms with Gasteiger partial charge in [0.2, 0.25) is 23.8 Å². The van der Waals surface area contributed by atoms with E-state index in [0.717, 1.165) is 5.56 Å². The molecule has 2 N–H and O–H groups in total. The minimum atomic E-state index is -0.172. The Morgan fingerprint density at radius 1 is 0.957 bits per heavy atom. The van der Waals surface area contributed by atoms with E-state index in [0.29, 0.717) is 11.9 Å². The van der Waals surface area contributed by atoms with E-state index in [1.54, 1.807) is 9.80 Å². The lowest BCUT2D eigenvalue weighted by molar-refractivity contribution is -0.119. The zero-order valence-electron chi connectivity index (χ0n) is 13.7. The molecule has 0 fully saturated rings. The number of benzene rings is 1. The Morgan fingerprint density at radius 2 is 1.52 bits per heavy atom. The second kappa shape index (κ2) is 7.39. The van der Waals surface area contributed by atoms with Gasteiger partial charge >= 0.3 is 0 Å². The summed E-state index contributed by atoms with van der Waals surface area (Å²) < 4.78 is 0. The smallest absolute Gasteiger partial charge is 0.248 e. The maximum absolute atomic E-state index is 12.0. The fraction of sp³-hybridized carbons (Fsp3) is 0.333. The first-order valence-corrected chi connectivity index (χ1v) is 7.15. The van der Waals surface area contributed by atoms with E-state index in [4.69, 9.17) is 0 Å². The molecule has 0 saturated carbocycles.